The van der Waals surface area contributed by atoms with Crippen molar-refractivity contribution in [3.8, 4) is 0 Å². The Balaban J connectivity index is 1.31. The fourth-order valence-corrected chi connectivity index (χ4v) is 7.05. The van der Waals surface area contributed by atoms with E-state index in [1.807, 2.05) is 30.3 Å². The number of carbonyl (C=O) groups is 2. The first-order valence-corrected chi connectivity index (χ1v) is 13.6. The number of para-hydroxylation sites is 1. The lowest BCUT2D eigenvalue weighted by Crippen LogP contribution is -2.59. The minimum Gasteiger partial charge on any atom is -0.384 e. The number of benzene rings is 1. The molecule has 3 aliphatic heterocycles. The van der Waals surface area contributed by atoms with Crippen molar-refractivity contribution in [2.45, 2.75) is 81.5 Å². The first-order valence-electron chi connectivity index (χ1n) is 13.6. The summed E-state index contributed by atoms with van der Waals surface area (Å²) in [6.45, 7) is 4.30. The summed E-state index contributed by atoms with van der Waals surface area (Å²) in [6, 6.07) is 14.4. The van der Waals surface area contributed by atoms with Crippen molar-refractivity contribution >= 4 is 17.5 Å². The van der Waals surface area contributed by atoms with Gasteiger partial charge in [0, 0.05) is 30.5 Å². The second kappa shape index (κ2) is 9.27. The number of nitrogens with zero attached hydrogens (tertiary/aromatic N) is 4. The molecule has 1 aromatic heterocycles. The van der Waals surface area contributed by atoms with E-state index in [1.54, 1.807) is 11.1 Å². The van der Waals surface area contributed by atoms with Gasteiger partial charge in [0.05, 0.1) is 17.2 Å². The number of anilines is 1. The molecule has 4 aliphatic rings. The molecule has 36 heavy (non-hydrogen) atoms. The van der Waals surface area contributed by atoms with Crippen molar-refractivity contribution in [2.75, 3.05) is 24.5 Å². The van der Waals surface area contributed by atoms with E-state index >= 15 is 0 Å². The molecule has 0 radical (unpaired) electrons. The fraction of sp³-hybridized carbons (Fsp3) is 0.552. The zero-order valence-corrected chi connectivity index (χ0v) is 21.1. The fourth-order valence-electron chi connectivity index (χ4n) is 7.05. The largest absolute Gasteiger partial charge is 0.384 e. The molecular weight excluding hydrogens is 452 g/mol. The summed E-state index contributed by atoms with van der Waals surface area (Å²) in [6.07, 6.45) is 7.65. The Kier molecular flexibility index (Phi) is 6.08. The van der Waals surface area contributed by atoms with Crippen molar-refractivity contribution in [3.63, 3.8) is 0 Å². The molecule has 2 unspecified atom stereocenters. The zero-order valence-electron chi connectivity index (χ0n) is 21.1. The summed E-state index contributed by atoms with van der Waals surface area (Å²) in [5, 5.41) is 10.1. The van der Waals surface area contributed by atoms with Gasteiger partial charge in [-0.25, -0.2) is 0 Å². The number of fused-ring (bicyclic) bond motifs is 2. The SMILES string of the molecule is C[C@@H](O)C(=O)N1CCC2(CC1c1ccccn1)C(=O)N(C1CC(N3CCCCC3)C1)c1ccccc12. The maximum Gasteiger partial charge on any atom is 0.251 e. The first-order chi connectivity index (χ1) is 17.5. The summed E-state index contributed by atoms with van der Waals surface area (Å²) >= 11 is 0. The number of amides is 2. The van der Waals surface area contributed by atoms with Crippen LogP contribution in [0.15, 0.2) is 48.7 Å². The molecule has 1 saturated carbocycles. The normalized spacial score (nSPS) is 31.3. The molecule has 2 aromatic rings. The summed E-state index contributed by atoms with van der Waals surface area (Å²) < 4.78 is 0. The summed E-state index contributed by atoms with van der Waals surface area (Å²) in [4.78, 5) is 38.4. The monoisotopic (exact) mass is 488 g/mol. The molecule has 190 valence electrons. The Morgan fingerprint density at radius 3 is 2.50 bits per heavy atom. The lowest BCUT2D eigenvalue weighted by atomic mass is 9.70. The van der Waals surface area contributed by atoms with E-state index in [0.29, 0.717) is 25.4 Å². The lowest BCUT2D eigenvalue weighted by Gasteiger charge is -2.49. The highest BCUT2D eigenvalue weighted by Gasteiger charge is 2.57. The predicted octanol–water partition coefficient (Wildman–Crippen LogP) is 3.43. The summed E-state index contributed by atoms with van der Waals surface area (Å²) in [7, 11) is 0. The quantitative estimate of drug-likeness (QED) is 0.714. The third-order valence-electron chi connectivity index (χ3n) is 9.04. The molecule has 1 N–H and O–H groups in total. The molecule has 7 heteroatoms. The van der Waals surface area contributed by atoms with Gasteiger partial charge in [-0.2, -0.15) is 0 Å². The molecule has 1 aliphatic carbocycles. The van der Waals surface area contributed by atoms with Gasteiger partial charge in [0.15, 0.2) is 0 Å². The minimum atomic E-state index is -1.09. The first kappa shape index (κ1) is 23.6. The van der Waals surface area contributed by atoms with Crippen molar-refractivity contribution in [2.24, 2.45) is 0 Å². The topological polar surface area (TPSA) is 77.0 Å². The molecule has 1 spiro atoms. The van der Waals surface area contributed by atoms with E-state index in [-0.39, 0.29) is 23.9 Å². The van der Waals surface area contributed by atoms with Gasteiger partial charge in [-0.3, -0.25) is 14.6 Å². The lowest BCUT2D eigenvalue weighted by molar-refractivity contribution is -0.146. The number of aliphatic hydroxyl groups excluding tert-OH is 1. The standard InChI is InChI=1S/C29H36N4O3/c1-20(34)27(35)32-16-12-29(19-26(32)24-10-5-6-13-30-24)23-9-3-4-11-25(23)33(28(29)36)22-17-21(18-22)31-14-7-2-8-15-31/h3-6,9-11,13,20-22,26,34H,2,7-8,12,14-19H2,1H3/t20-,21?,22?,26?,29?/m1/s1. The third kappa shape index (κ3) is 3.75. The highest BCUT2D eigenvalue weighted by atomic mass is 16.3. The van der Waals surface area contributed by atoms with Crippen LogP contribution >= 0.6 is 0 Å². The van der Waals surface area contributed by atoms with Crippen molar-refractivity contribution in [3.05, 3.63) is 59.9 Å². The van der Waals surface area contributed by atoms with Crippen LogP contribution in [0.5, 0.6) is 0 Å². The highest BCUT2D eigenvalue weighted by Crippen LogP contribution is 2.54. The number of piperidine rings is 2. The van der Waals surface area contributed by atoms with Crippen LogP contribution in [0.4, 0.5) is 5.69 Å². The number of pyridine rings is 1. The zero-order chi connectivity index (χ0) is 24.9. The van der Waals surface area contributed by atoms with Gasteiger partial charge >= 0.3 is 0 Å². The molecule has 2 saturated heterocycles. The Bertz CT molecular complexity index is 1130. The van der Waals surface area contributed by atoms with E-state index in [0.717, 1.165) is 29.8 Å². The summed E-state index contributed by atoms with van der Waals surface area (Å²) in [5.41, 5.74) is 2.22. The molecule has 0 bridgehead atoms. The number of carbonyl (C=O) groups excluding carboxylic acids is 2. The molecule has 6 rings (SSSR count). The van der Waals surface area contributed by atoms with E-state index in [2.05, 4.69) is 26.9 Å². The van der Waals surface area contributed by atoms with Gasteiger partial charge in [0.2, 0.25) is 5.91 Å². The second-order valence-electron chi connectivity index (χ2n) is 11.1. The number of aromatic nitrogens is 1. The number of hydrogen-bond acceptors (Lipinski definition) is 5. The molecule has 3 atom stereocenters. The van der Waals surface area contributed by atoms with Crippen LogP contribution in [0.1, 0.15) is 69.2 Å². The molecule has 1 aromatic carbocycles. The van der Waals surface area contributed by atoms with Gasteiger partial charge in [-0.1, -0.05) is 30.7 Å². The van der Waals surface area contributed by atoms with Gasteiger partial charge < -0.3 is 19.8 Å². The molecular formula is C29H36N4O3. The van der Waals surface area contributed by atoms with E-state index in [9.17, 15) is 14.7 Å². The number of rotatable bonds is 4. The Labute approximate surface area is 213 Å². The van der Waals surface area contributed by atoms with Crippen molar-refractivity contribution in [1.29, 1.82) is 0 Å². The van der Waals surface area contributed by atoms with E-state index in [1.165, 1.54) is 39.3 Å². The second-order valence-corrected chi connectivity index (χ2v) is 11.1. The van der Waals surface area contributed by atoms with Crippen LogP contribution in [0.3, 0.4) is 0 Å². The smallest absolute Gasteiger partial charge is 0.251 e. The maximum atomic E-state index is 14.4. The number of hydrogen-bond donors (Lipinski definition) is 1. The minimum absolute atomic E-state index is 0.177. The Hall–Kier alpha value is -2.77. The molecule has 7 nitrogen and oxygen atoms in total. The summed E-state index contributed by atoms with van der Waals surface area (Å²) in [5.74, 6) is -0.129. The van der Waals surface area contributed by atoms with E-state index in [4.69, 9.17) is 0 Å². The number of likely N-dealkylation sites (tertiary alicyclic amines) is 2. The van der Waals surface area contributed by atoms with Crippen LogP contribution in [0.2, 0.25) is 0 Å². The van der Waals surface area contributed by atoms with Gasteiger partial charge in [0.25, 0.3) is 5.91 Å². The molecule has 3 fully saturated rings. The van der Waals surface area contributed by atoms with Crippen LogP contribution < -0.4 is 4.90 Å². The Morgan fingerprint density at radius 2 is 1.78 bits per heavy atom. The highest BCUT2D eigenvalue weighted by molar-refractivity contribution is 6.09. The van der Waals surface area contributed by atoms with E-state index < -0.39 is 11.5 Å². The maximum absolute atomic E-state index is 14.4. The predicted molar refractivity (Wildman–Crippen MR) is 137 cm³/mol. The van der Waals surface area contributed by atoms with Gasteiger partial charge in [0.1, 0.15) is 6.10 Å². The van der Waals surface area contributed by atoms with Crippen LogP contribution in [0.25, 0.3) is 0 Å². The van der Waals surface area contributed by atoms with Crippen LogP contribution in [-0.4, -0.2) is 69.5 Å². The average molecular weight is 489 g/mol. The van der Waals surface area contributed by atoms with Crippen LogP contribution in [-0.2, 0) is 15.0 Å². The molecule has 4 heterocycles. The number of aliphatic hydroxyl groups is 1. The van der Waals surface area contributed by atoms with Crippen molar-refractivity contribution in [1.82, 2.24) is 14.8 Å². The third-order valence-corrected chi connectivity index (χ3v) is 9.04. The Morgan fingerprint density at radius 1 is 1.03 bits per heavy atom. The van der Waals surface area contributed by atoms with Gasteiger partial charge in [-0.05, 0) is 82.3 Å². The average Bonchev–Trinajstić information content (AvgIpc) is 3.12. The molecule has 2 amide bonds. The van der Waals surface area contributed by atoms with Gasteiger partial charge in [-0.15, -0.1) is 0 Å². The van der Waals surface area contributed by atoms with Crippen molar-refractivity contribution < 1.29 is 14.7 Å². The van der Waals surface area contributed by atoms with Crippen LogP contribution in [0, 0.1) is 0 Å².